The van der Waals surface area contributed by atoms with Crippen molar-refractivity contribution in [3.05, 3.63) is 33.8 Å². The minimum atomic E-state index is -0.761. The van der Waals surface area contributed by atoms with Crippen LogP contribution < -0.4 is 10.6 Å². The number of urea groups is 1. The number of thioether (sulfide) groups is 1. The maximum absolute atomic E-state index is 11.7. The van der Waals surface area contributed by atoms with E-state index in [1.54, 1.807) is 17.8 Å². The number of carbonyl (C=O) groups excluding carboxylic acids is 1. The normalized spacial score (nSPS) is 21.3. The molecule has 1 atom stereocenters. The van der Waals surface area contributed by atoms with Gasteiger partial charge in [-0.05, 0) is 42.4 Å². The molecule has 1 aliphatic heterocycles. The lowest BCUT2D eigenvalue weighted by molar-refractivity contribution is 0.0700. The Kier molecular flexibility index (Phi) is 6.05. The SMILES string of the molecule is O=C(NCCc1cc(Cl)cc(Cl)c1)NCC1(O)CCSC1. The van der Waals surface area contributed by atoms with Gasteiger partial charge < -0.3 is 15.7 Å². The summed E-state index contributed by atoms with van der Waals surface area (Å²) in [4.78, 5) is 11.7. The fourth-order valence-corrected chi connectivity index (χ4v) is 3.99. The second-order valence-electron chi connectivity index (χ2n) is 5.16. The van der Waals surface area contributed by atoms with Crippen molar-refractivity contribution in [2.24, 2.45) is 0 Å². The molecule has 1 aromatic carbocycles. The molecule has 1 saturated heterocycles. The van der Waals surface area contributed by atoms with Crippen LogP contribution in [0.1, 0.15) is 12.0 Å². The van der Waals surface area contributed by atoms with Gasteiger partial charge in [-0.2, -0.15) is 11.8 Å². The minimum Gasteiger partial charge on any atom is -0.387 e. The van der Waals surface area contributed by atoms with Gasteiger partial charge in [0.15, 0.2) is 0 Å². The summed E-state index contributed by atoms with van der Waals surface area (Å²) in [7, 11) is 0. The van der Waals surface area contributed by atoms with E-state index in [1.807, 2.05) is 12.1 Å². The highest BCUT2D eigenvalue weighted by Gasteiger charge is 2.31. The molecular formula is C14H18Cl2N2O2S. The Morgan fingerprint density at radius 2 is 2.00 bits per heavy atom. The number of aliphatic hydroxyl groups is 1. The quantitative estimate of drug-likeness (QED) is 0.766. The zero-order valence-corrected chi connectivity index (χ0v) is 13.8. The minimum absolute atomic E-state index is 0.270. The third-order valence-corrected chi connectivity index (χ3v) is 4.95. The first-order chi connectivity index (χ1) is 9.97. The Morgan fingerprint density at radius 1 is 1.29 bits per heavy atom. The molecule has 0 saturated carbocycles. The summed E-state index contributed by atoms with van der Waals surface area (Å²) in [5, 5.41) is 16.7. The number of halogens is 2. The predicted molar refractivity (Wildman–Crippen MR) is 88.5 cm³/mol. The van der Waals surface area contributed by atoms with E-state index in [1.165, 1.54) is 0 Å². The third-order valence-electron chi connectivity index (χ3n) is 3.28. The molecule has 2 amide bonds. The summed E-state index contributed by atoms with van der Waals surface area (Å²) < 4.78 is 0. The van der Waals surface area contributed by atoms with Crippen LogP contribution in [0.3, 0.4) is 0 Å². The molecule has 0 bridgehead atoms. The topological polar surface area (TPSA) is 61.4 Å². The van der Waals surface area contributed by atoms with Crippen LogP contribution in [0.4, 0.5) is 4.79 Å². The van der Waals surface area contributed by atoms with Gasteiger partial charge in [-0.15, -0.1) is 0 Å². The van der Waals surface area contributed by atoms with E-state index < -0.39 is 5.60 Å². The molecule has 0 aliphatic carbocycles. The van der Waals surface area contributed by atoms with Crippen molar-refractivity contribution < 1.29 is 9.90 Å². The molecule has 2 rings (SSSR count). The molecule has 21 heavy (non-hydrogen) atoms. The van der Waals surface area contributed by atoms with Gasteiger partial charge in [0.2, 0.25) is 0 Å². The molecule has 3 N–H and O–H groups in total. The summed E-state index contributed by atoms with van der Waals surface area (Å²) in [5.74, 6) is 1.61. The lowest BCUT2D eigenvalue weighted by Crippen LogP contribution is -2.46. The highest BCUT2D eigenvalue weighted by Crippen LogP contribution is 2.26. The van der Waals surface area contributed by atoms with Crippen LogP contribution in [0.15, 0.2) is 18.2 Å². The van der Waals surface area contributed by atoms with E-state index in [9.17, 15) is 9.90 Å². The number of hydrogen-bond acceptors (Lipinski definition) is 3. The van der Waals surface area contributed by atoms with Crippen molar-refractivity contribution in [3.63, 3.8) is 0 Å². The molecular weight excluding hydrogens is 331 g/mol. The fraction of sp³-hybridized carbons (Fsp3) is 0.500. The van der Waals surface area contributed by atoms with Crippen molar-refractivity contribution in [2.45, 2.75) is 18.4 Å². The van der Waals surface area contributed by atoms with E-state index in [2.05, 4.69) is 10.6 Å². The van der Waals surface area contributed by atoms with Gasteiger partial charge in [0, 0.05) is 28.9 Å². The largest absolute Gasteiger partial charge is 0.387 e. The monoisotopic (exact) mass is 348 g/mol. The van der Waals surface area contributed by atoms with Crippen LogP contribution in [0.2, 0.25) is 10.0 Å². The maximum atomic E-state index is 11.7. The van der Waals surface area contributed by atoms with E-state index in [0.717, 1.165) is 17.7 Å². The number of hydrogen-bond donors (Lipinski definition) is 3. The van der Waals surface area contributed by atoms with Gasteiger partial charge in [-0.25, -0.2) is 4.79 Å². The fourth-order valence-electron chi connectivity index (χ4n) is 2.12. The number of carbonyl (C=O) groups is 1. The standard InChI is InChI=1S/C14H18Cl2N2O2S/c15-11-5-10(6-12(16)7-11)1-3-17-13(19)18-8-14(20)2-4-21-9-14/h5-7,20H,1-4,8-9H2,(H2,17,18,19). The number of rotatable bonds is 5. The molecule has 1 aromatic rings. The van der Waals surface area contributed by atoms with Crippen LogP contribution in [-0.4, -0.2) is 41.3 Å². The van der Waals surface area contributed by atoms with Crippen molar-refractivity contribution in [1.82, 2.24) is 10.6 Å². The van der Waals surface area contributed by atoms with Gasteiger partial charge >= 0.3 is 6.03 Å². The number of amides is 2. The smallest absolute Gasteiger partial charge is 0.314 e. The lowest BCUT2D eigenvalue weighted by Gasteiger charge is -2.21. The van der Waals surface area contributed by atoms with E-state index in [0.29, 0.717) is 28.8 Å². The highest BCUT2D eigenvalue weighted by molar-refractivity contribution is 7.99. The number of benzene rings is 1. The Hall–Kier alpha value is -0.620. The Balaban J connectivity index is 1.69. The molecule has 116 valence electrons. The first-order valence-corrected chi connectivity index (χ1v) is 8.65. The lowest BCUT2D eigenvalue weighted by atomic mass is 10.0. The van der Waals surface area contributed by atoms with E-state index in [-0.39, 0.29) is 12.6 Å². The molecule has 1 unspecified atom stereocenters. The molecule has 0 radical (unpaired) electrons. The Morgan fingerprint density at radius 3 is 2.62 bits per heavy atom. The van der Waals surface area contributed by atoms with Gasteiger partial charge in [-0.1, -0.05) is 23.2 Å². The van der Waals surface area contributed by atoms with Crippen LogP contribution in [0.25, 0.3) is 0 Å². The summed E-state index contributed by atoms with van der Waals surface area (Å²) in [6, 6.07) is 5.05. The Bertz CT molecular complexity index is 487. The second kappa shape index (κ2) is 7.58. The first kappa shape index (κ1) is 16.7. The average molecular weight is 349 g/mol. The summed E-state index contributed by atoms with van der Waals surface area (Å²) in [6.07, 6.45) is 1.37. The molecule has 0 spiro atoms. The average Bonchev–Trinajstić information content (AvgIpc) is 2.83. The summed E-state index contributed by atoms with van der Waals surface area (Å²) >= 11 is 13.5. The van der Waals surface area contributed by atoms with Crippen LogP contribution in [-0.2, 0) is 6.42 Å². The second-order valence-corrected chi connectivity index (χ2v) is 7.14. The molecule has 1 fully saturated rings. The van der Waals surface area contributed by atoms with E-state index in [4.69, 9.17) is 23.2 Å². The Labute approximate surface area is 138 Å². The van der Waals surface area contributed by atoms with Crippen molar-refractivity contribution in [3.8, 4) is 0 Å². The van der Waals surface area contributed by atoms with Crippen molar-refractivity contribution >= 4 is 41.0 Å². The van der Waals surface area contributed by atoms with Crippen LogP contribution >= 0.6 is 35.0 Å². The van der Waals surface area contributed by atoms with Gasteiger partial charge in [0.05, 0.1) is 5.60 Å². The maximum Gasteiger partial charge on any atom is 0.314 e. The van der Waals surface area contributed by atoms with Gasteiger partial charge in [0.1, 0.15) is 0 Å². The molecule has 0 aromatic heterocycles. The summed E-state index contributed by atoms with van der Waals surface area (Å²) in [6.45, 7) is 0.768. The third kappa shape index (κ3) is 5.58. The molecule has 1 heterocycles. The molecule has 1 aliphatic rings. The number of nitrogens with one attached hydrogen (secondary N) is 2. The summed E-state index contributed by atoms with van der Waals surface area (Å²) in [5.41, 5.74) is 0.210. The van der Waals surface area contributed by atoms with Crippen molar-refractivity contribution in [2.75, 3.05) is 24.6 Å². The van der Waals surface area contributed by atoms with Crippen LogP contribution in [0.5, 0.6) is 0 Å². The van der Waals surface area contributed by atoms with E-state index >= 15 is 0 Å². The predicted octanol–water partition coefficient (Wildman–Crippen LogP) is 2.70. The van der Waals surface area contributed by atoms with Gasteiger partial charge in [-0.3, -0.25) is 0 Å². The zero-order chi connectivity index (χ0) is 15.3. The van der Waals surface area contributed by atoms with Crippen LogP contribution in [0, 0.1) is 0 Å². The van der Waals surface area contributed by atoms with Crippen molar-refractivity contribution in [1.29, 1.82) is 0 Å². The van der Waals surface area contributed by atoms with Gasteiger partial charge in [0.25, 0.3) is 0 Å². The molecule has 7 heteroatoms. The zero-order valence-electron chi connectivity index (χ0n) is 11.5. The first-order valence-electron chi connectivity index (χ1n) is 6.74. The highest BCUT2D eigenvalue weighted by atomic mass is 35.5. The molecule has 4 nitrogen and oxygen atoms in total.